The lowest BCUT2D eigenvalue weighted by molar-refractivity contribution is -0.290. The number of piperazine rings is 1. The van der Waals surface area contributed by atoms with E-state index >= 15 is 0 Å². The van der Waals surface area contributed by atoms with Crippen molar-refractivity contribution in [1.29, 1.82) is 5.26 Å². The number of nitrogens with zero attached hydrogens (tertiary/aromatic N) is 9. The summed E-state index contributed by atoms with van der Waals surface area (Å²) in [7, 11) is 7.77. The Morgan fingerprint density at radius 1 is 1.25 bits per heavy atom. The molecule has 0 aromatic carbocycles. The summed E-state index contributed by atoms with van der Waals surface area (Å²) in [6.45, 7) is 14.3. The second-order valence-electron chi connectivity index (χ2n) is 16.7. The lowest BCUT2D eigenvalue weighted by atomic mass is 9.66. The van der Waals surface area contributed by atoms with Crippen LogP contribution in [0.5, 0.6) is 5.88 Å². The number of amides is 1. The number of aryl methyl sites for hydroxylation is 1. The van der Waals surface area contributed by atoms with Crippen LogP contribution in [0, 0.1) is 11.3 Å². The third-order valence-electron chi connectivity index (χ3n) is 11.1. The molecule has 3 fully saturated rings. The second-order valence-corrected chi connectivity index (χ2v) is 17.8. The summed E-state index contributed by atoms with van der Waals surface area (Å²) < 4.78 is 12.2. The van der Waals surface area contributed by atoms with Crippen LogP contribution in [0.15, 0.2) is 11.1 Å². The van der Waals surface area contributed by atoms with Gasteiger partial charge in [0.1, 0.15) is 28.6 Å². The second kappa shape index (κ2) is 14.9. The van der Waals surface area contributed by atoms with Gasteiger partial charge in [0.15, 0.2) is 5.82 Å². The van der Waals surface area contributed by atoms with Gasteiger partial charge in [-0.25, -0.2) is 14.8 Å². The molecule has 2 aromatic rings. The summed E-state index contributed by atoms with van der Waals surface area (Å²) in [5.74, 6) is -0.787. The molecule has 1 N–H and O–H groups in total. The largest absolute Gasteiger partial charge is 0.473 e. The number of rotatable bonds is 8. The Labute approximate surface area is 318 Å². The zero-order valence-corrected chi connectivity index (χ0v) is 33.9. The van der Waals surface area contributed by atoms with E-state index in [9.17, 15) is 15.2 Å². The van der Waals surface area contributed by atoms with Crippen molar-refractivity contribution in [3.8, 4) is 11.9 Å². The van der Waals surface area contributed by atoms with Crippen LogP contribution in [-0.2, 0) is 27.2 Å². The van der Waals surface area contributed by atoms with Gasteiger partial charge in [0.2, 0.25) is 11.7 Å². The van der Waals surface area contributed by atoms with E-state index in [1.807, 2.05) is 59.8 Å². The standard InChI is InChI=1S/C38H57N9O5S/c1-24-22-46(35(48)51-36(3,4)5)17-18-47(24)30-19-31(50-25(2)27-13-12-16-44(27)9)42-34(41-30)38(49)20-29(45(10)52-38)37(6)15-11-14-28-32(37)26(21-39)33(53-28)40-23-43(7)8/h19,23-25,27,29,49H,11-18,20,22H2,1-10H3/t24-,25+,27+,29?,37-,38?/m1/s1. The summed E-state index contributed by atoms with van der Waals surface area (Å²) in [6.07, 6.45) is 6.20. The first-order valence-corrected chi connectivity index (χ1v) is 19.7. The minimum atomic E-state index is -1.86. The number of ether oxygens (including phenoxy) is 2. The van der Waals surface area contributed by atoms with Crippen molar-refractivity contribution in [3.63, 3.8) is 0 Å². The Kier molecular flexibility index (Phi) is 11.0. The molecule has 53 heavy (non-hydrogen) atoms. The predicted molar refractivity (Wildman–Crippen MR) is 205 cm³/mol. The van der Waals surface area contributed by atoms with E-state index in [0.717, 1.165) is 49.1 Å². The first-order chi connectivity index (χ1) is 24.9. The van der Waals surface area contributed by atoms with Crippen molar-refractivity contribution in [2.75, 3.05) is 59.3 Å². The Bertz CT molecular complexity index is 1740. The van der Waals surface area contributed by atoms with E-state index in [1.165, 1.54) is 0 Å². The fourth-order valence-corrected chi connectivity index (χ4v) is 9.82. The quantitative estimate of drug-likeness (QED) is 0.286. The first kappa shape index (κ1) is 39.2. The van der Waals surface area contributed by atoms with Crippen LogP contribution >= 0.6 is 11.3 Å². The highest BCUT2D eigenvalue weighted by molar-refractivity contribution is 7.16. The van der Waals surface area contributed by atoms with Crippen molar-refractivity contribution >= 4 is 34.6 Å². The highest BCUT2D eigenvalue weighted by Gasteiger charge is 2.56. The monoisotopic (exact) mass is 751 g/mol. The number of anilines is 1. The van der Waals surface area contributed by atoms with E-state index in [4.69, 9.17) is 24.3 Å². The van der Waals surface area contributed by atoms with Crippen molar-refractivity contribution in [3.05, 3.63) is 27.9 Å². The molecule has 0 radical (unpaired) electrons. The molecule has 15 heteroatoms. The average molecular weight is 752 g/mol. The molecule has 4 aliphatic rings. The maximum atomic E-state index is 13.0. The number of carbonyl (C=O) groups excluding carboxylic acids is 1. The maximum Gasteiger partial charge on any atom is 0.410 e. The maximum absolute atomic E-state index is 13.0. The molecule has 3 aliphatic heterocycles. The molecule has 5 heterocycles. The third kappa shape index (κ3) is 7.98. The number of aliphatic imine (C=N–C) groups is 1. The highest BCUT2D eigenvalue weighted by Crippen LogP contribution is 2.53. The fourth-order valence-electron chi connectivity index (χ4n) is 8.55. The number of hydroxylamine groups is 2. The van der Waals surface area contributed by atoms with Gasteiger partial charge in [-0.2, -0.15) is 15.3 Å². The number of aromatic nitrogens is 2. The predicted octanol–water partition coefficient (Wildman–Crippen LogP) is 5.01. The van der Waals surface area contributed by atoms with Gasteiger partial charge < -0.3 is 29.3 Å². The number of likely N-dealkylation sites (tertiary alicyclic amines) is 1. The Balaban J connectivity index is 1.33. The van der Waals surface area contributed by atoms with Crippen molar-refractivity contribution in [2.45, 2.75) is 121 Å². The Hall–Kier alpha value is -3.55. The number of carbonyl (C=O) groups is 1. The first-order valence-electron chi connectivity index (χ1n) is 18.8. The molecule has 1 amide bonds. The number of aliphatic hydroxyl groups is 1. The number of likely N-dealkylation sites (N-methyl/N-ethyl adjacent to an activating group) is 2. The van der Waals surface area contributed by atoms with Crippen LogP contribution in [0.3, 0.4) is 0 Å². The Morgan fingerprint density at radius 2 is 2.00 bits per heavy atom. The van der Waals surface area contributed by atoms with Crippen LogP contribution < -0.4 is 9.64 Å². The molecule has 3 saturated heterocycles. The molecule has 0 spiro atoms. The van der Waals surface area contributed by atoms with Gasteiger partial charge in [0.05, 0.1) is 17.9 Å². The molecule has 6 atom stereocenters. The molecular formula is C38H57N9O5S. The normalized spacial score (nSPS) is 29.0. The summed E-state index contributed by atoms with van der Waals surface area (Å²) >= 11 is 1.58. The third-order valence-corrected chi connectivity index (χ3v) is 12.3. The van der Waals surface area contributed by atoms with Gasteiger partial charge in [-0.3, -0.25) is 9.74 Å². The summed E-state index contributed by atoms with van der Waals surface area (Å²) in [4.78, 5) is 43.0. The van der Waals surface area contributed by atoms with Gasteiger partial charge in [-0.15, -0.1) is 11.3 Å². The van der Waals surface area contributed by atoms with E-state index < -0.39 is 16.8 Å². The fraction of sp³-hybridized carbons (Fsp3) is 0.711. The van der Waals surface area contributed by atoms with Gasteiger partial charge in [-0.1, -0.05) is 6.92 Å². The van der Waals surface area contributed by atoms with Crippen LogP contribution in [0.4, 0.5) is 15.6 Å². The molecule has 0 saturated carbocycles. The van der Waals surface area contributed by atoms with Crippen LogP contribution in [0.1, 0.15) is 95.5 Å². The van der Waals surface area contributed by atoms with Crippen molar-refractivity contribution < 1.29 is 24.2 Å². The highest BCUT2D eigenvalue weighted by atomic mass is 32.1. The zero-order chi connectivity index (χ0) is 38.5. The average Bonchev–Trinajstić information content (AvgIpc) is 3.77. The van der Waals surface area contributed by atoms with Crippen molar-refractivity contribution in [2.24, 2.45) is 4.99 Å². The summed E-state index contributed by atoms with van der Waals surface area (Å²) in [5, 5.41) is 25.3. The molecule has 2 unspecified atom stereocenters. The smallest absolute Gasteiger partial charge is 0.410 e. The topological polar surface area (TPSA) is 143 Å². The number of hydrogen-bond acceptors (Lipinski definition) is 13. The van der Waals surface area contributed by atoms with Crippen molar-refractivity contribution in [1.82, 2.24) is 29.7 Å². The number of thiophene rings is 1. The minimum absolute atomic E-state index is 0.105. The van der Waals surface area contributed by atoms with E-state index in [1.54, 1.807) is 27.6 Å². The van der Waals surface area contributed by atoms with Crippen LogP contribution in [0.25, 0.3) is 0 Å². The molecule has 14 nitrogen and oxygen atoms in total. The van der Waals surface area contributed by atoms with E-state index in [-0.39, 0.29) is 42.6 Å². The molecule has 6 rings (SSSR count). The van der Waals surface area contributed by atoms with Gasteiger partial charge in [-0.05, 0) is 85.9 Å². The van der Waals surface area contributed by atoms with Crippen LogP contribution in [0.2, 0.25) is 0 Å². The summed E-state index contributed by atoms with van der Waals surface area (Å²) in [5.41, 5.74) is 0.491. The number of nitriles is 1. The molecular weight excluding hydrogens is 695 g/mol. The van der Waals surface area contributed by atoms with E-state index in [0.29, 0.717) is 41.9 Å². The van der Waals surface area contributed by atoms with Gasteiger partial charge >= 0.3 is 6.09 Å². The molecule has 290 valence electrons. The molecule has 0 bridgehead atoms. The van der Waals surface area contributed by atoms with Gasteiger partial charge in [0, 0.05) is 75.6 Å². The lowest BCUT2D eigenvalue weighted by Crippen LogP contribution is -2.55. The van der Waals surface area contributed by atoms with E-state index in [2.05, 4.69) is 41.8 Å². The minimum Gasteiger partial charge on any atom is -0.473 e. The zero-order valence-electron chi connectivity index (χ0n) is 33.0. The lowest BCUT2D eigenvalue weighted by Gasteiger charge is -2.41. The number of hydrogen-bond donors (Lipinski definition) is 1. The Morgan fingerprint density at radius 3 is 2.64 bits per heavy atom. The molecule has 2 aromatic heterocycles. The summed E-state index contributed by atoms with van der Waals surface area (Å²) in [6, 6.07) is 4.14. The number of fused-ring (bicyclic) bond motifs is 1. The van der Waals surface area contributed by atoms with Crippen LogP contribution in [-0.4, -0.2) is 131 Å². The SMILES string of the molecule is C[C@H](Oc1cc(N2CCN(C(=O)OC(C)(C)C)C[C@H]2C)nc(C2(O)CC([C@@]3(C)CCCc4sc(N=CN(C)C)c(C#N)c43)N(C)O2)n1)[C@@H]1CCCN1C. The van der Waals surface area contributed by atoms with Gasteiger partial charge in [0.25, 0.3) is 0 Å². The molecule has 1 aliphatic carbocycles.